The fraction of sp³-hybridized carbons (Fsp3) is 0.429. The van der Waals surface area contributed by atoms with Crippen LogP contribution in [0.4, 0.5) is 22.0 Å². The van der Waals surface area contributed by atoms with Crippen LogP contribution in [0.2, 0.25) is 10.0 Å². The number of amides is 1. The summed E-state index contributed by atoms with van der Waals surface area (Å²) in [6.07, 6.45) is -5.43. The van der Waals surface area contributed by atoms with E-state index in [1.165, 1.54) is 19.1 Å². The van der Waals surface area contributed by atoms with Crippen molar-refractivity contribution in [1.29, 1.82) is 0 Å². The van der Waals surface area contributed by atoms with Gasteiger partial charge in [-0.05, 0) is 61.2 Å². The second kappa shape index (κ2) is 10.9. The Bertz CT molecular complexity index is 1490. The summed E-state index contributed by atoms with van der Waals surface area (Å²) >= 11 is 13.1. The van der Waals surface area contributed by atoms with Gasteiger partial charge in [-0.2, -0.15) is 13.2 Å². The highest BCUT2D eigenvalue weighted by Crippen LogP contribution is 2.43. The number of carbonyl (C=O) groups excluding carboxylic acids is 1. The molecule has 40 heavy (non-hydrogen) atoms. The Morgan fingerprint density at radius 3 is 2.42 bits per heavy atom. The Hall–Kier alpha value is -2.85. The zero-order chi connectivity index (χ0) is 29.7. The lowest BCUT2D eigenvalue weighted by atomic mass is 9.83. The van der Waals surface area contributed by atoms with E-state index in [2.05, 4.69) is 0 Å². The van der Waals surface area contributed by atoms with Crippen LogP contribution in [0.25, 0.3) is 10.9 Å². The summed E-state index contributed by atoms with van der Waals surface area (Å²) in [4.78, 5) is 25.7. The van der Waals surface area contributed by atoms with Crippen molar-refractivity contribution in [2.24, 2.45) is 13.0 Å². The minimum atomic E-state index is -4.51. The molecule has 1 saturated heterocycles. The first-order valence-corrected chi connectivity index (χ1v) is 13.4. The molecular formula is C28H27Cl2F5N2O3. The van der Waals surface area contributed by atoms with Gasteiger partial charge in [0.15, 0.2) is 0 Å². The first-order valence-electron chi connectivity index (χ1n) is 12.6. The molecule has 1 aliphatic heterocycles. The number of carboxylic acid groups (broad SMARTS) is 1. The second-order valence-electron chi connectivity index (χ2n) is 10.2. The Morgan fingerprint density at radius 2 is 1.82 bits per heavy atom. The van der Waals surface area contributed by atoms with Gasteiger partial charge in [-0.3, -0.25) is 9.59 Å². The maximum absolute atomic E-state index is 15.2. The third-order valence-corrected chi connectivity index (χ3v) is 8.51. The lowest BCUT2D eigenvalue weighted by molar-refractivity contribution is -0.161. The number of aromatic nitrogens is 1. The third-order valence-electron chi connectivity index (χ3n) is 7.72. The smallest absolute Gasteiger partial charge is 0.416 e. The Morgan fingerprint density at radius 1 is 1.15 bits per heavy atom. The van der Waals surface area contributed by atoms with Crippen LogP contribution in [0, 0.1) is 12.8 Å². The van der Waals surface area contributed by atoms with Gasteiger partial charge >= 0.3 is 12.1 Å². The summed E-state index contributed by atoms with van der Waals surface area (Å²) in [5, 5.41) is 9.84. The molecule has 216 valence electrons. The molecule has 0 spiro atoms. The van der Waals surface area contributed by atoms with E-state index in [0.717, 1.165) is 17.0 Å². The molecule has 1 fully saturated rings. The number of rotatable bonds is 6. The third kappa shape index (κ3) is 5.40. The summed E-state index contributed by atoms with van der Waals surface area (Å²) in [7, 11) is 1.61. The van der Waals surface area contributed by atoms with Crippen molar-refractivity contribution in [3.8, 4) is 0 Å². The molecule has 1 aliphatic rings. The predicted octanol–water partition coefficient (Wildman–Crippen LogP) is 7.75. The average molecular weight is 605 g/mol. The lowest BCUT2D eigenvalue weighted by Crippen LogP contribution is -2.58. The number of aryl methyl sites for hydroxylation is 2. The van der Waals surface area contributed by atoms with Crippen LogP contribution in [0.3, 0.4) is 0 Å². The molecule has 1 aromatic heterocycles. The summed E-state index contributed by atoms with van der Waals surface area (Å²) < 4.78 is 72.2. The van der Waals surface area contributed by atoms with Crippen molar-refractivity contribution in [2.45, 2.75) is 57.7 Å². The molecular weight excluding hydrogens is 578 g/mol. The Kier molecular flexibility index (Phi) is 8.17. The van der Waals surface area contributed by atoms with Crippen LogP contribution in [-0.2, 0) is 24.4 Å². The zero-order valence-electron chi connectivity index (χ0n) is 21.9. The SMILES string of the molecule is CCC1N(C(=O)c2ccc(Cl)c(Cc3cc4c(C)cc(C(F)(F)F)cc4n3C)c2Cl)CCC(CC(=O)O)C1(F)F. The number of alkyl halides is 5. The van der Waals surface area contributed by atoms with Crippen LogP contribution < -0.4 is 0 Å². The molecule has 0 radical (unpaired) electrons. The number of hydrogen-bond acceptors (Lipinski definition) is 2. The van der Waals surface area contributed by atoms with Crippen molar-refractivity contribution in [1.82, 2.24) is 9.47 Å². The van der Waals surface area contributed by atoms with E-state index in [-0.39, 0.29) is 41.4 Å². The molecule has 0 saturated carbocycles. The van der Waals surface area contributed by atoms with Gasteiger partial charge < -0.3 is 14.6 Å². The van der Waals surface area contributed by atoms with Crippen molar-refractivity contribution >= 4 is 46.0 Å². The number of aliphatic carboxylic acids is 1. The van der Waals surface area contributed by atoms with Crippen LogP contribution in [-0.4, -0.2) is 45.0 Å². The fourth-order valence-electron chi connectivity index (χ4n) is 5.56. The summed E-state index contributed by atoms with van der Waals surface area (Å²) in [6.45, 7) is 3.02. The molecule has 1 amide bonds. The summed E-state index contributed by atoms with van der Waals surface area (Å²) in [5.74, 6) is -6.88. The van der Waals surface area contributed by atoms with E-state index < -0.39 is 47.9 Å². The number of likely N-dealkylation sites (tertiary alicyclic amines) is 1. The van der Waals surface area contributed by atoms with Gasteiger partial charge in [0.1, 0.15) is 0 Å². The number of halogens is 7. The molecule has 2 atom stereocenters. The Labute approximate surface area is 237 Å². The second-order valence-corrected chi connectivity index (χ2v) is 10.9. The minimum absolute atomic E-state index is 0.0405. The number of piperidine rings is 1. The zero-order valence-corrected chi connectivity index (χ0v) is 23.4. The number of hydrogen-bond donors (Lipinski definition) is 1. The highest BCUT2D eigenvalue weighted by molar-refractivity contribution is 6.38. The lowest BCUT2D eigenvalue weighted by Gasteiger charge is -2.45. The molecule has 12 heteroatoms. The molecule has 0 bridgehead atoms. The predicted molar refractivity (Wildman–Crippen MR) is 142 cm³/mol. The number of benzene rings is 2. The van der Waals surface area contributed by atoms with E-state index in [1.54, 1.807) is 24.6 Å². The fourth-order valence-corrected chi connectivity index (χ4v) is 6.15. The summed E-state index contributed by atoms with van der Waals surface area (Å²) in [5.41, 5.74) is 0.891. The largest absolute Gasteiger partial charge is 0.481 e. The van der Waals surface area contributed by atoms with Crippen molar-refractivity contribution in [2.75, 3.05) is 6.54 Å². The topological polar surface area (TPSA) is 62.5 Å². The van der Waals surface area contributed by atoms with Crippen LogP contribution in [0.1, 0.15) is 58.9 Å². The molecule has 1 N–H and O–H groups in total. The normalized spacial score (nSPS) is 19.3. The van der Waals surface area contributed by atoms with Gasteiger partial charge in [0, 0.05) is 47.6 Å². The molecule has 2 heterocycles. The number of carbonyl (C=O) groups is 2. The van der Waals surface area contributed by atoms with E-state index >= 15 is 8.78 Å². The van der Waals surface area contributed by atoms with Crippen molar-refractivity contribution in [3.63, 3.8) is 0 Å². The van der Waals surface area contributed by atoms with Gasteiger partial charge in [-0.25, -0.2) is 8.78 Å². The minimum Gasteiger partial charge on any atom is -0.481 e. The van der Waals surface area contributed by atoms with Crippen molar-refractivity contribution < 1.29 is 36.6 Å². The van der Waals surface area contributed by atoms with E-state index in [0.29, 0.717) is 27.7 Å². The van der Waals surface area contributed by atoms with Gasteiger partial charge in [0.2, 0.25) is 0 Å². The number of carboxylic acids is 1. The molecule has 4 rings (SSSR count). The number of nitrogens with zero attached hydrogens (tertiary/aromatic N) is 2. The number of fused-ring (bicyclic) bond motifs is 1. The van der Waals surface area contributed by atoms with Gasteiger partial charge in [0.25, 0.3) is 11.8 Å². The average Bonchev–Trinajstić information content (AvgIpc) is 3.17. The molecule has 3 aromatic rings. The highest BCUT2D eigenvalue weighted by Gasteiger charge is 2.53. The summed E-state index contributed by atoms with van der Waals surface area (Å²) in [6, 6.07) is 5.14. The van der Waals surface area contributed by atoms with Crippen LogP contribution in [0.5, 0.6) is 0 Å². The molecule has 2 unspecified atom stereocenters. The van der Waals surface area contributed by atoms with Crippen molar-refractivity contribution in [3.05, 3.63) is 68.3 Å². The first-order chi connectivity index (χ1) is 18.6. The maximum Gasteiger partial charge on any atom is 0.416 e. The molecule has 2 aromatic carbocycles. The van der Waals surface area contributed by atoms with Crippen LogP contribution in [0.15, 0.2) is 30.3 Å². The maximum atomic E-state index is 15.2. The van der Waals surface area contributed by atoms with E-state index in [4.69, 9.17) is 28.3 Å². The molecule has 5 nitrogen and oxygen atoms in total. The Balaban J connectivity index is 1.70. The molecule has 0 aliphatic carbocycles. The highest BCUT2D eigenvalue weighted by atomic mass is 35.5. The quantitative estimate of drug-likeness (QED) is 0.293. The van der Waals surface area contributed by atoms with E-state index in [9.17, 15) is 22.8 Å². The van der Waals surface area contributed by atoms with Crippen LogP contribution >= 0.6 is 23.2 Å². The van der Waals surface area contributed by atoms with Gasteiger partial charge in [-0.1, -0.05) is 30.1 Å². The van der Waals surface area contributed by atoms with E-state index in [1.807, 2.05) is 0 Å². The standard InChI is InChI=1S/C28H27Cl2F5N2O3/c1-4-23-27(31,32)15(11-24(38)39)7-8-37(23)26(40)18-5-6-21(29)20(25(18)30)13-17-12-19-14(2)9-16(28(33,34)35)10-22(19)36(17)3/h5-6,9-10,12,15,23H,4,7-8,11,13H2,1-3H3,(H,38,39). The van der Waals surface area contributed by atoms with Gasteiger partial charge in [-0.15, -0.1) is 0 Å². The monoisotopic (exact) mass is 604 g/mol. The van der Waals surface area contributed by atoms with Gasteiger partial charge in [0.05, 0.1) is 28.6 Å². The first kappa shape index (κ1) is 30.1.